The van der Waals surface area contributed by atoms with Crippen LogP contribution in [0.4, 0.5) is 4.39 Å². The normalized spacial score (nSPS) is 9.28. The molecule has 0 saturated carbocycles. The van der Waals surface area contributed by atoms with E-state index in [1.807, 2.05) is 47.9 Å². The summed E-state index contributed by atoms with van der Waals surface area (Å²) < 4.78 is 15.2. The Morgan fingerprint density at radius 1 is 1.28 bits per heavy atom. The molecule has 2 heterocycles. The molecule has 0 atom stereocenters. The molecule has 0 aliphatic rings. The Morgan fingerprint density at radius 3 is 2.44 bits per heavy atom. The second-order valence-corrected chi connectivity index (χ2v) is 3.34. The highest BCUT2D eigenvalue weighted by atomic mass is 19.1. The van der Waals surface area contributed by atoms with Crippen LogP contribution in [0.5, 0.6) is 0 Å². The smallest absolute Gasteiger partial charge is 0.173 e. The van der Waals surface area contributed by atoms with E-state index in [0.29, 0.717) is 12.2 Å². The van der Waals surface area contributed by atoms with E-state index >= 15 is 0 Å². The van der Waals surface area contributed by atoms with E-state index in [2.05, 4.69) is 10.3 Å². The van der Waals surface area contributed by atoms with Crippen LogP contribution in [0.3, 0.4) is 0 Å². The Morgan fingerprint density at radius 2 is 1.89 bits per heavy atom. The average Bonchev–Trinajstić information content (AvgIpc) is 2.78. The zero-order chi connectivity index (χ0) is 14.1. The summed E-state index contributed by atoms with van der Waals surface area (Å²) in [6.45, 7) is 10.6. The molecule has 0 amide bonds. The number of aryl methyl sites for hydroxylation is 1. The van der Waals surface area contributed by atoms with E-state index in [0.717, 1.165) is 11.3 Å². The second kappa shape index (κ2) is 8.64. The van der Waals surface area contributed by atoms with E-state index in [4.69, 9.17) is 0 Å². The topological polar surface area (TPSA) is 29.3 Å². The van der Waals surface area contributed by atoms with Gasteiger partial charge in [-0.05, 0) is 25.6 Å². The standard InChI is InChI=1S/C10H12FN3.2C2H6/c1-7-3-9(11)10-13-5-8(4-12-2)14(10)6-7;2*1-2/h3,5-6,12H,4H2,1-2H3;2*1-2H3. The fraction of sp³-hybridized carbons (Fsp3) is 0.500. The van der Waals surface area contributed by atoms with Crippen molar-refractivity contribution >= 4 is 5.65 Å². The van der Waals surface area contributed by atoms with E-state index in [9.17, 15) is 4.39 Å². The number of halogens is 1. The van der Waals surface area contributed by atoms with Crippen molar-refractivity contribution in [1.29, 1.82) is 0 Å². The van der Waals surface area contributed by atoms with Crippen LogP contribution in [0.15, 0.2) is 18.5 Å². The minimum atomic E-state index is -0.271. The summed E-state index contributed by atoms with van der Waals surface area (Å²) in [5.74, 6) is -0.271. The van der Waals surface area contributed by atoms with Crippen molar-refractivity contribution < 1.29 is 4.39 Å². The van der Waals surface area contributed by atoms with Gasteiger partial charge in [0, 0.05) is 12.7 Å². The zero-order valence-corrected chi connectivity index (χ0v) is 12.2. The van der Waals surface area contributed by atoms with Gasteiger partial charge in [0.25, 0.3) is 0 Å². The van der Waals surface area contributed by atoms with Crippen molar-refractivity contribution in [2.45, 2.75) is 41.2 Å². The molecule has 0 fully saturated rings. The van der Waals surface area contributed by atoms with Crippen LogP contribution < -0.4 is 5.32 Å². The molecule has 0 aromatic carbocycles. The molecule has 2 aromatic heterocycles. The highest BCUT2D eigenvalue weighted by molar-refractivity contribution is 5.43. The largest absolute Gasteiger partial charge is 0.314 e. The van der Waals surface area contributed by atoms with Crippen molar-refractivity contribution in [1.82, 2.24) is 14.7 Å². The molecule has 4 heteroatoms. The first kappa shape index (κ1) is 16.6. The summed E-state index contributed by atoms with van der Waals surface area (Å²) in [6, 6.07) is 1.49. The fourth-order valence-corrected chi connectivity index (χ4v) is 1.53. The lowest BCUT2D eigenvalue weighted by Gasteiger charge is -2.02. The summed E-state index contributed by atoms with van der Waals surface area (Å²) >= 11 is 0. The molecule has 0 aliphatic heterocycles. The lowest BCUT2D eigenvalue weighted by Crippen LogP contribution is -2.07. The molecule has 1 N–H and O–H groups in total. The molecular weight excluding hydrogens is 229 g/mol. The Balaban J connectivity index is 0.000000659. The van der Waals surface area contributed by atoms with Crippen LogP contribution in [0.2, 0.25) is 0 Å². The van der Waals surface area contributed by atoms with Gasteiger partial charge in [-0.2, -0.15) is 0 Å². The third-order valence-corrected chi connectivity index (χ3v) is 2.13. The summed E-state index contributed by atoms with van der Waals surface area (Å²) in [5, 5.41) is 3.02. The van der Waals surface area contributed by atoms with Crippen LogP contribution in [-0.2, 0) is 6.54 Å². The van der Waals surface area contributed by atoms with Crippen LogP contribution in [0.25, 0.3) is 5.65 Å². The van der Waals surface area contributed by atoms with E-state index in [1.54, 1.807) is 10.6 Å². The van der Waals surface area contributed by atoms with Crippen LogP contribution >= 0.6 is 0 Å². The maximum absolute atomic E-state index is 13.4. The molecule has 2 aromatic rings. The third kappa shape index (κ3) is 3.81. The lowest BCUT2D eigenvalue weighted by molar-refractivity contribution is 0.627. The number of imidazole rings is 1. The predicted molar refractivity (Wildman–Crippen MR) is 75.3 cm³/mol. The van der Waals surface area contributed by atoms with Crippen molar-refractivity contribution in [3.8, 4) is 0 Å². The molecule has 0 radical (unpaired) electrons. The monoisotopic (exact) mass is 253 g/mol. The SMILES string of the molecule is CC.CC.CNCc1cnc2c(F)cc(C)cn12. The van der Waals surface area contributed by atoms with Crippen molar-refractivity contribution in [3.63, 3.8) is 0 Å². The van der Waals surface area contributed by atoms with Gasteiger partial charge in [0.2, 0.25) is 0 Å². The molecule has 0 unspecified atom stereocenters. The van der Waals surface area contributed by atoms with Gasteiger partial charge in [-0.15, -0.1) is 0 Å². The van der Waals surface area contributed by atoms with Gasteiger partial charge in [-0.3, -0.25) is 0 Å². The van der Waals surface area contributed by atoms with Crippen LogP contribution in [0, 0.1) is 12.7 Å². The molecule has 102 valence electrons. The van der Waals surface area contributed by atoms with Gasteiger partial charge in [-0.25, -0.2) is 9.37 Å². The molecule has 2 rings (SSSR count). The number of hydrogen-bond donors (Lipinski definition) is 1. The van der Waals surface area contributed by atoms with Gasteiger partial charge >= 0.3 is 0 Å². The first-order valence-corrected chi connectivity index (χ1v) is 6.49. The maximum Gasteiger partial charge on any atom is 0.173 e. The van der Waals surface area contributed by atoms with Gasteiger partial charge in [0.05, 0.1) is 11.9 Å². The Hall–Kier alpha value is -1.42. The molecule has 0 aliphatic carbocycles. The minimum Gasteiger partial charge on any atom is -0.314 e. The predicted octanol–water partition coefficient (Wildman–Crippen LogP) is 3.55. The number of hydrogen-bond acceptors (Lipinski definition) is 2. The Kier molecular flexibility index (Phi) is 7.96. The number of nitrogens with zero attached hydrogens (tertiary/aromatic N) is 2. The minimum absolute atomic E-state index is 0.271. The first-order chi connectivity index (χ1) is 8.72. The molecule has 0 bridgehead atoms. The molecule has 0 spiro atoms. The molecule has 3 nitrogen and oxygen atoms in total. The van der Waals surface area contributed by atoms with Crippen molar-refractivity contribution in [2.75, 3.05) is 7.05 Å². The fourth-order valence-electron chi connectivity index (χ4n) is 1.53. The summed E-state index contributed by atoms with van der Waals surface area (Å²) in [4.78, 5) is 4.03. The highest BCUT2D eigenvalue weighted by Gasteiger charge is 2.07. The van der Waals surface area contributed by atoms with Crippen LogP contribution in [-0.4, -0.2) is 16.4 Å². The zero-order valence-electron chi connectivity index (χ0n) is 12.2. The third-order valence-electron chi connectivity index (χ3n) is 2.13. The number of fused-ring (bicyclic) bond motifs is 1. The second-order valence-electron chi connectivity index (χ2n) is 3.34. The number of rotatable bonds is 2. The van der Waals surface area contributed by atoms with E-state index in [1.165, 1.54) is 6.07 Å². The molecular formula is C14H24FN3. The maximum atomic E-state index is 13.4. The van der Waals surface area contributed by atoms with Crippen molar-refractivity contribution in [2.24, 2.45) is 0 Å². The molecule has 0 saturated heterocycles. The number of pyridine rings is 1. The number of aromatic nitrogens is 2. The Labute approximate surface area is 109 Å². The average molecular weight is 253 g/mol. The summed E-state index contributed by atoms with van der Waals surface area (Å²) in [7, 11) is 1.85. The quantitative estimate of drug-likeness (QED) is 0.886. The van der Waals surface area contributed by atoms with E-state index < -0.39 is 0 Å². The first-order valence-electron chi connectivity index (χ1n) is 6.49. The van der Waals surface area contributed by atoms with Gasteiger partial charge in [0.15, 0.2) is 11.5 Å². The van der Waals surface area contributed by atoms with Gasteiger partial charge < -0.3 is 9.72 Å². The van der Waals surface area contributed by atoms with E-state index in [-0.39, 0.29) is 5.82 Å². The summed E-state index contributed by atoms with van der Waals surface area (Å²) in [6.07, 6.45) is 3.58. The van der Waals surface area contributed by atoms with Gasteiger partial charge in [-0.1, -0.05) is 27.7 Å². The Bertz CT molecular complexity index is 463. The summed E-state index contributed by atoms with van der Waals surface area (Å²) in [5.41, 5.74) is 2.25. The van der Waals surface area contributed by atoms with Crippen LogP contribution in [0.1, 0.15) is 39.0 Å². The highest BCUT2D eigenvalue weighted by Crippen LogP contribution is 2.12. The molecule has 18 heavy (non-hydrogen) atoms. The lowest BCUT2D eigenvalue weighted by atomic mass is 10.3. The van der Waals surface area contributed by atoms with Gasteiger partial charge in [0.1, 0.15) is 0 Å². The van der Waals surface area contributed by atoms with Crippen molar-refractivity contribution in [3.05, 3.63) is 35.5 Å². The number of nitrogens with one attached hydrogen (secondary N) is 1.